The van der Waals surface area contributed by atoms with Gasteiger partial charge >= 0.3 is 0 Å². The first-order valence-corrected chi connectivity index (χ1v) is 10.9. The molecule has 0 aliphatic carbocycles. The summed E-state index contributed by atoms with van der Waals surface area (Å²) in [6.07, 6.45) is 1.78. The molecule has 0 atom stereocenters. The molecule has 0 spiro atoms. The van der Waals surface area contributed by atoms with E-state index in [1.165, 1.54) is 0 Å². The van der Waals surface area contributed by atoms with Gasteiger partial charge in [0.05, 0.1) is 11.5 Å². The van der Waals surface area contributed by atoms with E-state index in [9.17, 15) is 13.2 Å². The minimum atomic E-state index is -3.56. The molecule has 0 fully saturated rings. The van der Waals surface area contributed by atoms with Crippen LogP contribution in [0.15, 0.2) is 53.4 Å². The molecular formula is C21H28N2O4S. The first kappa shape index (κ1) is 21.9. The minimum absolute atomic E-state index is 0.125. The topological polar surface area (TPSA) is 84.5 Å². The Morgan fingerprint density at radius 2 is 1.75 bits per heavy atom. The van der Waals surface area contributed by atoms with Gasteiger partial charge in [0.2, 0.25) is 15.9 Å². The van der Waals surface area contributed by atoms with Crippen molar-refractivity contribution < 1.29 is 17.9 Å². The van der Waals surface area contributed by atoms with Crippen molar-refractivity contribution in [2.24, 2.45) is 0 Å². The first-order chi connectivity index (χ1) is 13.4. The summed E-state index contributed by atoms with van der Waals surface area (Å²) in [5.41, 5.74) is 2.14. The molecule has 1 amide bonds. The fourth-order valence-corrected chi connectivity index (χ4v) is 3.63. The standard InChI is InChI=1S/C21H28N2O4S/c1-3-18-10-12-19(13-11-18)28(25,26)23-15-14-22-21(24)9-6-16-27-20-8-5-4-7-17(20)2/h4-5,7-8,10-13,23H,3,6,9,14-16H2,1-2H3,(H,22,24). The lowest BCUT2D eigenvalue weighted by Crippen LogP contribution is -2.34. The molecule has 2 rings (SSSR count). The van der Waals surface area contributed by atoms with Crippen LogP contribution in [0.3, 0.4) is 0 Å². The van der Waals surface area contributed by atoms with Gasteiger partial charge in [-0.2, -0.15) is 0 Å². The number of hydrogen-bond donors (Lipinski definition) is 2. The van der Waals surface area contributed by atoms with Crippen molar-refractivity contribution >= 4 is 15.9 Å². The number of rotatable bonds is 11. The molecule has 0 saturated carbocycles. The summed E-state index contributed by atoms with van der Waals surface area (Å²) in [5, 5.41) is 2.71. The Labute approximate surface area is 167 Å². The second-order valence-corrected chi connectivity index (χ2v) is 8.23. The van der Waals surface area contributed by atoms with Crippen molar-refractivity contribution in [1.82, 2.24) is 10.0 Å². The monoisotopic (exact) mass is 404 g/mol. The Kier molecular flexibility index (Phi) is 8.47. The van der Waals surface area contributed by atoms with E-state index in [0.29, 0.717) is 19.4 Å². The molecule has 0 aromatic heterocycles. The first-order valence-electron chi connectivity index (χ1n) is 9.46. The maximum absolute atomic E-state index is 12.2. The number of sulfonamides is 1. The summed E-state index contributed by atoms with van der Waals surface area (Å²) in [4.78, 5) is 12.1. The van der Waals surface area contributed by atoms with Crippen molar-refractivity contribution in [3.05, 3.63) is 59.7 Å². The lowest BCUT2D eigenvalue weighted by molar-refractivity contribution is -0.121. The average molecular weight is 405 g/mol. The fourth-order valence-electron chi connectivity index (χ4n) is 2.60. The second kappa shape index (κ2) is 10.8. The van der Waals surface area contributed by atoms with Gasteiger partial charge in [-0.15, -0.1) is 0 Å². The Balaban J connectivity index is 1.63. The maximum atomic E-state index is 12.2. The SMILES string of the molecule is CCc1ccc(S(=O)(=O)NCCNC(=O)CCCOc2ccccc2C)cc1. The van der Waals surface area contributed by atoms with Crippen molar-refractivity contribution in [2.45, 2.75) is 38.0 Å². The van der Waals surface area contributed by atoms with E-state index in [1.54, 1.807) is 24.3 Å². The normalized spacial score (nSPS) is 11.2. The maximum Gasteiger partial charge on any atom is 0.240 e. The molecule has 152 valence electrons. The van der Waals surface area contributed by atoms with Crippen LogP contribution in [0.25, 0.3) is 0 Å². The molecule has 28 heavy (non-hydrogen) atoms. The zero-order valence-corrected chi connectivity index (χ0v) is 17.2. The van der Waals surface area contributed by atoms with Crippen LogP contribution in [0.1, 0.15) is 30.9 Å². The predicted octanol–water partition coefficient (Wildman–Crippen LogP) is 2.81. The number of carbonyl (C=O) groups excluding carboxylic acids is 1. The smallest absolute Gasteiger partial charge is 0.240 e. The van der Waals surface area contributed by atoms with E-state index in [0.717, 1.165) is 23.3 Å². The molecule has 2 N–H and O–H groups in total. The lowest BCUT2D eigenvalue weighted by atomic mass is 10.2. The molecule has 0 heterocycles. The minimum Gasteiger partial charge on any atom is -0.493 e. The van der Waals surface area contributed by atoms with E-state index >= 15 is 0 Å². The summed E-state index contributed by atoms with van der Waals surface area (Å²) in [6.45, 7) is 4.83. The van der Waals surface area contributed by atoms with Gasteiger partial charge < -0.3 is 10.1 Å². The molecule has 0 aliphatic heterocycles. The molecular weight excluding hydrogens is 376 g/mol. The quantitative estimate of drug-likeness (QED) is 0.564. The van der Waals surface area contributed by atoms with Crippen LogP contribution in [0.5, 0.6) is 5.75 Å². The van der Waals surface area contributed by atoms with E-state index in [1.807, 2.05) is 38.1 Å². The van der Waals surface area contributed by atoms with Gasteiger partial charge in [0.25, 0.3) is 0 Å². The van der Waals surface area contributed by atoms with E-state index in [-0.39, 0.29) is 23.9 Å². The van der Waals surface area contributed by atoms with Crippen LogP contribution in [0, 0.1) is 6.92 Å². The molecule has 0 radical (unpaired) electrons. The van der Waals surface area contributed by atoms with Gasteiger partial charge in [-0.3, -0.25) is 4.79 Å². The third-order valence-electron chi connectivity index (χ3n) is 4.28. The highest BCUT2D eigenvalue weighted by molar-refractivity contribution is 7.89. The van der Waals surface area contributed by atoms with Crippen molar-refractivity contribution in [1.29, 1.82) is 0 Å². The zero-order chi connectivity index (χ0) is 20.4. The number of benzene rings is 2. The van der Waals surface area contributed by atoms with Crippen LogP contribution < -0.4 is 14.8 Å². The van der Waals surface area contributed by atoms with Gasteiger partial charge in [0.15, 0.2) is 0 Å². The number of amides is 1. The number of nitrogens with one attached hydrogen (secondary N) is 2. The van der Waals surface area contributed by atoms with Gasteiger partial charge in [0.1, 0.15) is 5.75 Å². The Hall–Kier alpha value is -2.38. The number of aryl methyl sites for hydroxylation is 2. The van der Waals surface area contributed by atoms with E-state index < -0.39 is 10.0 Å². The number of hydrogen-bond acceptors (Lipinski definition) is 4. The number of carbonyl (C=O) groups is 1. The van der Waals surface area contributed by atoms with Crippen LogP contribution in [-0.2, 0) is 21.2 Å². The molecule has 2 aromatic carbocycles. The lowest BCUT2D eigenvalue weighted by Gasteiger charge is -2.10. The molecule has 2 aromatic rings. The highest BCUT2D eigenvalue weighted by atomic mass is 32.2. The molecule has 0 saturated heterocycles. The Bertz CT molecular complexity index is 864. The summed E-state index contributed by atoms with van der Waals surface area (Å²) < 4.78 is 32.6. The van der Waals surface area contributed by atoms with Crippen LogP contribution in [-0.4, -0.2) is 34.0 Å². The summed E-state index contributed by atoms with van der Waals surface area (Å²) in [7, 11) is -3.56. The molecule has 0 bridgehead atoms. The summed E-state index contributed by atoms with van der Waals surface area (Å²) >= 11 is 0. The van der Waals surface area contributed by atoms with Gasteiger partial charge in [-0.05, 0) is 49.1 Å². The molecule has 0 aliphatic rings. The van der Waals surface area contributed by atoms with Crippen LogP contribution in [0.2, 0.25) is 0 Å². The van der Waals surface area contributed by atoms with Gasteiger partial charge in [0, 0.05) is 19.5 Å². The molecule has 7 heteroatoms. The summed E-state index contributed by atoms with van der Waals surface area (Å²) in [5.74, 6) is 0.698. The second-order valence-electron chi connectivity index (χ2n) is 6.46. The van der Waals surface area contributed by atoms with Crippen molar-refractivity contribution in [3.63, 3.8) is 0 Å². The van der Waals surface area contributed by atoms with Crippen molar-refractivity contribution in [3.8, 4) is 5.75 Å². The largest absolute Gasteiger partial charge is 0.493 e. The highest BCUT2D eigenvalue weighted by Gasteiger charge is 2.13. The Morgan fingerprint density at radius 3 is 2.43 bits per heavy atom. The van der Waals surface area contributed by atoms with Gasteiger partial charge in [-0.25, -0.2) is 13.1 Å². The average Bonchev–Trinajstić information content (AvgIpc) is 2.70. The fraction of sp³-hybridized carbons (Fsp3) is 0.381. The van der Waals surface area contributed by atoms with E-state index in [4.69, 9.17) is 4.74 Å². The van der Waals surface area contributed by atoms with Crippen molar-refractivity contribution in [2.75, 3.05) is 19.7 Å². The third-order valence-corrected chi connectivity index (χ3v) is 5.76. The Morgan fingerprint density at radius 1 is 1.04 bits per heavy atom. The van der Waals surface area contributed by atoms with Gasteiger partial charge in [-0.1, -0.05) is 37.3 Å². The molecule has 6 nitrogen and oxygen atoms in total. The number of para-hydroxylation sites is 1. The third kappa shape index (κ3) is 6.98. The predicted molar refractivity (Wildman–Crippen MR) is 110 cm³/mol. The van der Waals surface area contributed by atoms with Crippen LogP contribution in [0.4, 0.5) is 0 Å². The highest BCUT2D eigenvalue weighted by Crippen LogP contribution is 2.16. The van der Waals surface area contributed by atoms with Crippen LogP contribution >= 0.6 is 0 Å². The number of ether oxygens (including phenoxy) is 1. The summed E-state index contributed by atoms with van der Waals surface area (Å²) in [6, 6.07) is 14.5. The van der Waals surface area contributed by atoms with E-state index in [2.05, 4.69) is 10.0 Å². The molecule has 0 unspecified atom stereocenters. The zero-order valence-electron chi connectivity index (χ0n) is 16.4.